The van der Waals surface area contributed by atoms with Gasteiger partial charge in [-0.25, -0.2) is 0 Å². The lowest BCUT2D eigenvalue weighted by atomic mass is 10.1. The molecule has 2 rings (SSSR count). The summed E-state index contributed by atoms with van der Waals surface area (Å²) < 4.78 is 19.4. The quantitative estimate of drug-likeness (QED) is 0.390. The van der Waals surface area contributed by atoms with Gasteiger partial charge in [-0.1, -0.05) is 42.5 Å². The van der Waals surface area contributed by atoms with Crippen LogP contribution in [-0.2, 0) is 9.13 Å². The maximum absolute atomic E-state index is 10.7. The summed E-state index contributed by atoms with van der Waals surface area (Å²) in [6, 6.07) is 18.1. The highest BCUT2D eigenvalue weighted by atomic mass is 31.2. The van der Waals surface area contributed by atoms with Crippen LogP contribution in [0.15, 0.2) is 54.6 Å². The van der Waals surface area contributed by atoms with Gasteiger partial charge in [0.15, 0.2) is 0 Å². The Hall–Kier alpha value is -1.59. The second kappa shape index (κ2) is 10.3. The number of hydrogen-bond acceptors (Lipinski definition) is 3. The van der Waals surface area contributed by atoms with Crippen molar-refractivity contribution in [1.29, 1.82) is 0 Å². The average Bonchev–Trinajstić information content (AvgIpc) is 2.52. The van der Waals surface area contributed by atoms with E-state index in [1.165, 1.54) is 5.56 Å². The van der Waals surface area contributed by atoms with Crippen molar-refractivity contribution in [1.82, 2.24) is 0 Å². The SMILES string of the molecule is O=P(O)(O)CCCNc1ccc(-c2ccccc2)cc1.O=[P+](O)O. The minimum Gasteiger partial charge on any atom is -0.385 e. The molecule has 130 valence electrons. The van der Waals surface area contributed by atoms with Crippen LogP contribution < -0.4 is 5.32 Å². The molecule has 0 atom stereocenters. The lowest BCUT2D eigenvalue weighted by Crippen LogP contribution is -2.03. The van der Waals surface area contributed by atoms with Crippen LogP contribution in [0.4, 0.5) is 5.69 Å². The van der Waals surface area contributed by atoms with Gasteiger partial charge in [-0.15, -0.1) is 9.79 Å². The molecule has 0 aromatic heterocycles. The summed E-state index contributed by atoms with van der Waals surface area (Å²) in [6.45, 7) is 0.551. The Morgan fingerprint density at radius 3 is 1.92 bits per heavy atom. The Morgan fingerprint density at radius 1 is 0.917 bits per heavy atom. The molecule has 0 aliphatic heterocycles. The van der Waals surface area contributed by atoms with Gasteiger partial charge in [0.2, 0.25) is 0 Å². The number of nitrogens with one attached hydrogen (secondary N) is 1. The fraction of sp³-hybridized carbons (Fsp3) is 0.200. The molecule has 2 aromatic rings. The average molecular weight is 372 g/mol. The molecule has 0 amide bonds. The maximum atomic E-state index is 10.7. The topological polar surface area (TPSA) is 127 Å². The summed E-state index contributed by atoms with van der Waals surface area (Å²) in [6.07, 6.45) is 0.368. The standard InChI is InChI=1S/C15H18NO3P.HO3P/c17-20(18,19)12-4-11-16-15-9-7-14(8-10-15)13-5-2-1-3-6-13;1-4(2)3/h1-3,5-10,16H,4,11-12H2,(H2,17,18,19);(H-,1,2,3)/p+1. The van der Waals surface area contributed by atoms with Gasteiger partial charge in [-0.2, -0.15) is 0 Å². The number of anilines is 1. The molecule has 2 aromatic carbocycles. The smallest absolute Gasteiger partial charge is 0.385 e. The molecule has 0 bridgehead atoms. The molecule has 0 radical (unpaired) electrons. The normalized spacial score (nSPS) is 10.5. The van der Waals surface area contributed by atoms with Gasteiger partial charge in [0, 0.05) is 16.8 Å². The Labute approximate surface area is 141 Å². The Bertz CT molecular complexity index is 668. The molecule has 0 aliphatic rings. The summed E-state index contributed by atoms with van der Waals surface area (Å²) in [5.41, 5.74) is 3.27. The van der Waals surface area contributed by atoms with E-state index in [-0.39, 0.29) is 6.16 Å². The van der Waals surface area contributed by atoms with Crippen molar-refractivity contribution >= 4 is 21.5 Å². The predicted molar refractivity (Wildman–Crippen MR) is 93.9 cm³/mol. The minimum absolute atomic E-state index is 0.0813. The van der Waals surface area contributed by atoms with Gasteiger partial charge in [-0.05, 0) is 29.7 Å². The lowest BCUT2D eigenvalue weighted by molar-refractivity contribution is 0.372. The first kappa shape index (κ1) is 20.5. The van der Waals surface area contributed by atoms with Crippen molar-refractivity contribution < 1.29 is 28.7 Å². The maximum Gasteiger partial charge on any atom is 0.692 e. The summed E-state index contributed by atoms with van der Waals surface area (Å²) in [7, 11) is -6.75. The Balaban J connectivity index is 0.000000648. The van der Waals surface area contributed by atoms with Gasteiger partial charge >= 0.3 is 15.9 Å². The summed E-state index contributed by atoms with van der Waals surface area (Å²) in [4.78, 5) is 31.8. The Kier molecular flexibility index (Phi) is 8.79. The zero-order valence-corrected chi connectivity index (χ0v) is 14.6. The van der Waals surface area contributed by atoms with E-state index in [1.54, 1.807) is 0 Å². The largest absolute Gasteiger partial charge is 0.692 e. The molecule has 0 fully saturated rings. The molecule has 7 nitrogen and oxygen atoms in total. The third-order valence-electron chi connectivity index (χ3n) is 2.95. The van der Waals surface area contributed by atoms with Crippen molar-refractivity contribution in [3.63, 3.8) is 0 Å². The van der Waals surface area contributed by atoms with E-state index in [0.717, 1.165) is 11.3 Å². The van der Waals surface area contributed by atoms with Crippen molar-refractivity contribution in [2.45, 2.75) is 6.42 Å². The molecular formula is C15H20NO6P2+. The van der Waals surface area contributed by atoms with Gasteiger partial charge in [0.05, 0.1) is 6.16 Å². The minimum atomic E-state index is -3.87. The number of hydrogen-bond donors (Lipinski definition) is 5. The Morgan fingerprint density at radius 2 is 1.42 bits per heavy atom. The predicted octanol–water partition coefficient (Wildman–Crippen LogP) is 2.96. The molecule has 0 saturated carbocycles. The monoisotopic (exact) mass is 372 g/mol. The lowest BCUT2D eigenvalue weighted by Gasteiger charge is -2.08. The molecule has 0 spiro atoms. The van der Waals surface area contributed by atoms with E-state index in [0.29, 0.717) is 13.0 Å². The molecule has 9 heteroatoms. The van der Waals surface area contributed by atoms with E-state index in [2.05, 4.69) is 17.4 Å². The third kappa shape index (κ3) is 9.53. The van der Waals surface area contributed by atoms with Crippen molar-refractivity contribution in [3.8, 4) is 11.1 Å². The number of benzene rings is 2. The molecule has 5 N–H and O–H groups in total. The first-order chi connectivity index (χ1) is 11.3. The van der Waals surface area contributed by atoms with Crippen LogP contribution in [0.3, 0.4) is 0 Å². The fourth-order valence-corrected chi connectivity index (χ4v) is 2.50. The van der Waals surface area contributed by atoms with Crippen LogP contribution >= 0.6 is 15.9 Å². The zero-order valence-electron chi connectivity index (χ0n) is 12.8. The van der Waals surface area contributed by atoms with Gasteiger partial charge in [-0.3, -0.25) is 4.57 Å². The molecule has 24 heavy (non-hydrogen) atoms. The van der Waals surface area contributed by atoms with Crippen LogP contribution in [0, 0.1) is 0 Å². The van der Waals surface area contributed by atoms with E-state index in [4.69, 9.17) is 24.1 Å². The van der Waals surface area contributed by atoms with Crippen LogP contribution in [0.2, 0.25) is 0 Å². The third-order valence-corrected chi connectivity index (χ3v) is 3.85. The molecular weight excluding hydrogens is 352 g/mol. The second-order valence-corrected chi connectivity index (χ2v) is 7.15. The molecule has 0 heterocycles. The van der Waals surface area contributed by atoms with Gasteiger partial charge in [0.25, 0.3) is 0 Å². The molecule has 0 unspecified atom stereocenters. The number of rotatable bonds is 6. The van der Waals surface area contributed by atoms with E-state index >= 15 is 0 Å². The summed E-state index contributed by atoms with van der Waals surface area (Å²) >= 11 is 0. The fourth-order valence-electron chi connectivity index (χ4n) is 1.93. The highest BCUT2D eigenvalue weighted by molar-refractivity contribution is 7.51. The van der Waals surface area contributed by atoms with Crippen LogP contribution in [0.1, 0.15) is 6.42 Å². The highest BCUT2D eigenvalue weighted by Crippen LogP contribution is 2.34. The summed E-state index contributed by atoms with van der Waals surface area (Å²) in [5, 5.41) is 3.15. The zero-order chi connectivity index (χ0) is 18.0. The first-order valence-electron chi connectivity index (χ1n) is 7.07. The van der Waals surface area contributed by atoms with Gasteiger partial charge < -0.3 is 15.1 Å². The van der Waals surface area contributed by atoms with Crippen LogP contribution in [-0.4, -0.2) is 32.3 Å². The summed E-state index contributed by atoms with van der Waals surface area (Å²) in [5.74, 6) is 0. The van der Waals surface area contributed by atoms with Crippen molar-refractivity contribution in [2.75, 3.05) is 18.0 Å². The van der Waals surface area contributed by atoms with E-state index < -0.39 is 15.9 Å². The van der Waals surface area contributed by atoms with Crippen molar-refractivity contribution in [2.24, 2.45) is 0 Å². The van der Waals surface area contributed by atoms with Crippen molar-refractivity contribution in [3.05, 3.63) is 54.6 Å². The van der Waals surface area contributed by atoms with E-state index in [9.17, 15) is 4.57 Å². The van der Waals surface area contributed by atoms with Crippen LogP contribution in [0.5, 0.6) is 0 Å². The highest BCUT2D eigenvalue weighted by Gasteiger charge is 2.11. The molecule has 0 aliphatic carbocycles. The molecule has 0 saturated heterocycles. The second-order valence-electron chi connectivity index (χ2n) is 4.86. The van der Waals surface area contributed by atoms with Crippen LogP contribution in [0.25, 0.3) is 11.1 Å². The first-order valence-corrected chi connectivity index (χ1v) is 10.0. The van der Waals surface area contributed by atoms with Gasteiger partial charge in [0.1, 0.15) is 0 Å². The van der Waals surface area contributed by atoms with E-state index in [1.807, 2.05) is 42.5 Å².